The van der Waals surface area contributed by atoms with Crippen LogP contribution >= 0.6 is 0 Å². The van der Waals surface area contributed by atoms with Crippen molar-refractivity contribution < 1.29 is 5.11 Å². The average Bonchev–Trinajstić information content (AvgIpc) is 2.23. The van der Waals surface area contributed by atoms with E-state index in [1.165, 1.54) is 6.42 Å². The number of rotatable bonds is 5. The second-order valence-electron chi connectivity index (χ2n) is 5.49. The Balaban J connectivity index is 2.65. The lowest BCUT2D eigenvalue weighted by atomic mass is 9.83. The summed E-state index contributed by atoms with van der Waals surface area (Å²) >= 11 is 0. The molecule has 0 bridgehead atoms. The summed E-state index contributed by atoms with van der Waals surface area (Å²) in [6, 6.07) is 0.512. The Hall–Kier alpha value is -0.600. The number of allylic oxidation sites excluding steroid dienone is 1. The summed E-state index contributed by atoms with van der Waals surface area (Å²) < 4.78 is 0. The van der Waals surface area contributed by atoms with Gasteiger partial charge in [0.2, 0.25) is 0 Å². The van der Waals surface area contributed by atoms with Crippen molar-refractivity contribution >= 4 is 0 Å². The topological polar surface area (TPSA) is 23.5 Å². The predicted molar refractivity (Wildman–Crippen MR) is 74.0 cm³/mol. The van der Waals surface area contributed by atoms with Gasteiger partial charge < -0.3 is 5.11 Å². The molecule has 1 heterocycles. The summed E-state index contributed by atoms with van der Waals surface area (Å²) in [6.45, 7) is 13.1. The van der Waals surface area contributed by atoms with Gasteiger partial charge in [-0.15, -0.1) is 0 Å². The SMILES string of the molecule is C=C(/C=C\C)CN1CC(C)CC(C)C1CCO. The van der Waals surface area contributed by atoms with Gasteiger partial charge in [-0.1, -0.05) is 32.6 Å². The lowest BCUT2D eigenvalue weighted by molar-refractivity contribution is 0.0598. The highest BCUT2D eigenvalue weighted by atomic mass is 16.3. The van der Waals surface area contributed by atoms with Crippen LogP contribution in [0, 0.1) is 11.8 Å². The average molecular weight is 237 g/mol. The van der Waals surface area contributed by atoms with Crippen molar-refractivity contribution in [2.24, 2.45) is 11.8 Å². The normalized spacial score (nSPS) is 30.9. The van der Waals surface area contributed by atoms with Gasteiger partial charge in [-0.3, -0.25) is 4.90 Å². The molecule has 2 nitrogen and oxygen atoms in total. The number of nitrogens with zero attached hydrogens (tertiary/aromatic N) is 1. The molecule has 98 valence electrons. The fraction of sp³-hybridized carbons (Fsp3) is 0.733. The Bertz CT molecular complexity index is 272. The number of piperidine rings is 1. The van der Waals surface area contributed by atoms with Gasteiger partial charge in [-0.05, 0) is 37.2 Å². The molecule has 0 aromatic heterocycles. The summed E-state index contributed by atoms with van der Waals surface area (Å²) in [6.07, 6.45) is 6.29. The summed E-state index contributed by atoms with van der Waals surface area (Å²) in [4.78, 5) is 2.50. The van der Waals surface area contributed by atoms with E-state index in [-0.39, 0.29) is 6.61 Å². The minimum absolute atomic E-state index is 0.288. The third kappa shape index (κ3) is 4.29. The standard InChI is InChI=1S/C15H27NO/c1-5-6-12(2)10-16-11-13(3)9-14(4)15(16)7-8-17/h5-6,13-15,17H,2,7-11H2,1,3-4H3/b6-5-. The van der Waals surface area contributed by atoms with Crippen LogP contribution in [0.3, 0.4) is 0 Å². The Morgan fingerprint density at radius 1 is 1.47 bits per heavy atom. The van der Waals surface area contributed by atoms with Crippen molar-refractivity contribution in [3.63, 3.8) is 0 Å². The Morgan fingerprint density at radius 3 is 2.76 bits per heavy atom. The number of aliphatic hydroxyl groups is 1. The van der Waals surface area contributed by atoms with Crippen molar-refractivity contribution in [1.82, 2.24) is 4.90 Å². The van der Waals surface area contributed by atoms with Gasteiger partial charge in [0, 0.05) is 25.7 Å². The number of aliphatic hydroxyl groups excluding tert-OH is 1. The molecule has 1 aliphatic heterocycles. The van der Waals surface area contributed by atoms with Crippen molar-refractivity contribution in [3.8, 4) is 0 Å². The van der Waals surface area contributed by atoms with Crippen LogP contribution in [0.2, 0.25) is 0 Å². The molecule has 17 heavy (non-hydrogen) atoms. The van der Waals surface area contributed by atoms with Gasteiger partial charge >= 0.3 is 0 Å². The molecular formula is C15H27NO. The molecule has 0 saturated carbocycles. The fourth-order valence-corrected chi connectivity index (χ4v) is 3.09. The minimum Gasteiger partial charge on any atom is -0.396 e. The molecule has 2 heteroatoms. The molecule has 3 atom stereocenters. The molecule has 1 saturated heterocycles. The van der Waals surface area contributed by atoms with Gasteiger partial charge in [-0.2, -0.15) is 0 Å². The third-order valence-corrected chi connectivity index (χ3v) is 3.68. The lowest BCUT2D eigenvalue weighted by Crippen LogP contribution is -2.48. The molecule has 3 unspecified atom stereocenters. The van der Waals surface area contributed by atoms with Gasteiger partial charge in [0.05, 0.1) is 0 Å². The molecule has 0 aromatic carbocycles. The van der Waals surface area contributed by atoms with Gasteiger partial charge in [0.15, 0.2) is 0 Å². The molecule has 0 aliphatic carbocycles. The van der Waals surface area contributed by atoms with Gasteiger partial charge in [-0.25, -0.2) is 0 Å². The van der Waals surface area contributed by atoms with E-state index in [1.54, 1.807) is 0 Å². The van der Waals surface area contributed by atoms with Crippen LogP contribution in [-0.4, -0.2) is 35.7 Å². The first-order valence-electron chi connectivity index (χ1n) is 6.73. The third-order valence-electron chi connectivity index (χ3n) is 3.68. The summed E-state index contributed by atoms with van der Waals surface area (Å²) in [5.74, 6) is 1.42. The monoisotopic (exact) mass is 237 g/mol. The van der Waals surface area contributed by atoms with E-state index in [2.05, 4.69) is 31.4 Å². The van der Waals surface area contributed by atoms with Crippen LogP contribution in [0.5, 0.6) is 0 Å². The second kappa shape index (κ2) is 6.97. The summed E-state index contributed by atoms with van der Waals surface area (Å²) in [5.41, 5.74) is 1.16. The summed E-state index contributed by atoms with van der Waals surface area (Å²) in [5, 5.41) is 9.19. The van der Waals surface area contributed by atoms with Gasteiger partial charge in [0.1, 0.15) is 0 Å². The first-order valence-corrected chi connectivity index (χ1v) is 6.73. The Kier molecular flexibility index (Phi) is 5.93. The van der Waals surface area contributed by atoms with E-state index in [0.29, 0.717) is 12.0 Å². The highest BCUT2D eigenvalue weighted by molar-refractivity contribution is 5.16. The van der Waals surface area contributed by atoms with Crippen LogP contribution in [-0.2, 0) is 0 Å². The van der Waals surface area contributed by atoms with E-state index in [9.17, 15) is 5.11 Å². The van der Waals surface area contributed by atoms with E-state index in [1.807, 2.05) is 13.0 Å². The van der Waals surface area contributed by atoms with Gasteiger partial charge in [0.25, 0.3) is 0 Å². The quantitative estimate of drug-likeness (QED) is 0.743. The smallest absolute Gasteiger partial charge is 0.0446 e. The fourth-order valence-electron chi connectivity index (χ4n) is 3.09. The zero-order chi connectivity index (χ0) is 12.8. The lowest BCUT2D eigenvalue weighted by Gasteiger charge is -2.43. The number of likely N-dealkylation sites (tertiary alicyclic amines) is 1. The summed E-state index contributed by atoms with van der Waals surface area (Å²) in [7, 11) is 0. The number of hydrogen-bond donors (Lipinski definition) is 1. The predicted octanol–water partition coefficient (Wildman–Crippen LogP) is 2.85. The Morgan fingerprint density at radius 2 is 2.18 bits per heavy atom. The van der Waals surface area contributed by atoms with Crippen LogP contribution in [0.15, 0.2) is 24.3 Å². The first-order chi connectivity index (χ1) is 8.08. The van der Waals surface area contributed by atoms with Crippen LogP contribution < -0.4 is 0 Å². The second-order valence-corrected chi connectivity index (χ2v) is 5.49. The molecule has 1 N–H and O–H groups in total. The zero-order valence-electron chi connectivity index (χ0n) is 11.5. The molecule has 0 aromatic rings. The first kappa shape index (κ1) is 14.5. The molecule has 1 fully saturated rings. The molecule has 0 amide bonds. The highest BCUT2D eigenvalue weighted by Gasteiger charge is 2.31. The maximum absolute atomic E-state index is 9.19. The van der Waals surface area contributed by atoms with E-state index < -0.39 is 0 Å². The maximum Gasteiger partial charge on any atom is 0.0446 e. The Labute approximate surface area is 106 Å². The van der Waals surface area contributed by atoms with Crippen molar-refractivity contribution in [1.29, 1.82) is 0 Å². The molecule has 0 spiro atoms. The maximum atomic E-state index is 9.19. The largest absolute Gasteiger partial charge is 0.396 e. The number of hydrogen-bond acceptors (Lipinski definition) is 2. The van der Waals surface area contributed by atoms with E-state index in [0.717, 1.165) is 31.0 Å². The molecular weight excluding hydrogens is 210 g/mol. The molecule has 0 radical (unpaired) electrons. The van der Waals surface area contributed by atoms with Crippen molar-refractivity contribution in [3.05, 3.63) is 24.3 Å². The minimum atomic E-state index is 0.288. The van der Waals surface area contributed by atoms with Crippen LogP contribution in [0.1, 0.15) is 33.6 Å². The van der Waals surface area contributed by atoms with E-state index in [4.69, 9.17) is 0 Å². The van der Waals surface area contributed by atoms with E-state index >= 15 is 0 Å². The van der Waals surface area contributed by atoms with Crippen molar-refractivity contribution in [2.45, 2.75) is 39.7 Å². The van der Waals surface area contributed by atoms with Crippen LogP contribution in [0.4, 0.5) is 0 Å². The highest BCUT2D eigenvalue weighted by Crippen LogP contribution is 2.29. The van der Waals surface area contributed by atoms with Crippen molar-refractivity contribution in [2.75, 3.05) is 19.7 Å². The van der Waals surface area contributed by atoms with Crippen LogP contribution in [0.25, 0.3) is 0 Å². The molecule has 1 rings (SSSR count). The molecule has 1 aliphatic rings. The zero-order valence-corrected chi connectivity index (χ0v) is 11.5.